The molecular weight excluding hydrogens is 586 g/mol. The van der Waals surface area contributed by atoms with Gasteiger partial charge in [0.2, 0.25) is 0 Å². The van der Waals surface area contributed by atoms with Crippen LogP contribution < -0.4 is 15.0 Å². The van der Waals surface area contributed by atoms with E-state index in [4.69, 9.17) is 39.5 Å². The van der Waals surface area contributed by atoms with Crippen LogP contribution in [0.3, 0.4) is 0 Å². The largest absolute Gasteiger partial charge is 0.488 e. The van der Waals surface area contributed by atoms with Gasteiger partial charge in [0, 0.05) is 5.02 Å². The van der Waals surface area contributed by atoms with Crippen molar-refractivity contribution in [2.24, 2.45) is 0 Å². The summed E-state index contributed by atoms with van der Waals surface area (Å²) < 4.78 is 6.73. The minimum absolute atomic E-state index is 0.176. The molecule has 0 radical (unpaired) electrons. The van der Waals surface area contributed by atoms with E-state index in [1.165, 1.54) is 0 Å². The first kappa shape index (κ1) is 22.9. The van der Waals surface area contributed by atoms with E-state index >= 15 is 0 Å². The van der Waals surface area contributed by atoms with E-state index in [0.717, 1.165) is 19.6 Å². The highest BCUT2D eigenvalue weighted by atomic mass is 127. The van der Waals surface area contributed by atoms with Gasteiger partial charge in [-0.15, -0.1) is 0 Å². The predicted molar refractivity (Wildman–Crippen MR) is 135 cm³/mol. The van der Waals surface area contributed by atoms with Crippen molar-refractivity contribution in [1.29, 1.82) is 0 Å². The Morgan fingerprint density at radius 3 is 2.50 bits per heavy atom. The van der Waals surface area contributed by atoms with Gasteiger partial charge in [0.05, 0.1) is 19.3 Å². The van der Waals surface area contributed by atoms with Gasteiger partial charge < -0.3 is 10.1 Å². The fourth-order valence-corrected chi connectivity index (χ4v) is 4.27. The number of carbonyl (C=O) groups is 2. The molecule has 0 saturated carbocycles. The average molecular weight is 600 g/mol. The van der Waals surface area contributed by atoms with E-state index in [9.17, 15) is 9.59 Å². The number of anilines is 1. The number of carbonyl (C=O) groups excluding carboxylic acids is 2. The topological polar surface area (TPSA) is 58.6 Å². The van der Waals surface area contributed by atoms with E-state index in [1.54, 1.807) is 48.5 Å². The summed E-state index contributed by atoms with van der Waals surface area (Å²) in [6.07, 6.45) is 1.62. The smallest absolute Gasteiger partial charge is 0.333 e. The average Bonchev–Trinajstić information content (AvgIpc) is 3.02. The third-order valence-corrected chi connectivity index (χ3v) is 6.41. The van der Waals surface area contributed by atoms with Crippen LogP contribution in [0.5, 0.6) is 5.75 Å². The van der Waals surface area contributed by atoms with Crippen LogP contribution in [0.1, 0.15) is 11.1 Å². The second-order valence-electron chi connectivity index (χ2n) is 6.84. The van der Waals surface area contributed by atoms with Crippen molar-refractivity contribution in [2.45, 2.75) is 6.61 Å². The van der Waals surface area contributed by atoms with E-state index in [0.29, 0.717) is 33.1 Å². The molecule has 1 aliphatic heterocycles. The third kappa shape index (κ3) is 5.04. The first-order chi connectivity index (χ1) is 15.3. The molecule has 0 bridgehead atoms. The van der Waals surface area contributed by atoms with Gasteiger partial charge >= 0.3 is 6.03 Å². The standard InChI is InChI=1S/C23H14Cl3IN2O3/c24-15-2-1-3-16(11-15)29-22(30)20(28-23(29)31)10-13-5-7-21(19(27)9-13)32-12-14-4-6-17(25)18(26)8-14/h1-11H,12H2,(H,28,31)/b20-10+. The van der Waals surface area contributed by atoms with Gasteiger partial charge in [-0.1, -0.05) is 53.0 Å². The van der Waals surface area contributed by atoms with Crippen molar-refractivity contribution in [2.75, 3.05) is 4.90 Å². The van der Waals surface area contributed by atoms with Crippen molar-refractivity contribution in [3.8, 4) is 5.75 Å². The highest BCUT2D eigenvalue weighted by molar-refractivity contribution is 14.1. The Bertz CT molecular complexity index is 1260. The Balaban J connectivity index is 1.49. The summed E-state index contributed by atoms with van der Waals surface area (Å²) in [4.78, 5) is 26.2. The molecule has 4 rings (SSSR count). The van der Waals surface area contributed by atoms with Gasteiger partial charge in [0.15, 0.2) is 0 Å². The van der Waals surface area contributed by atoms with Crippen LogP contribution in [0, 0.1) is 3.57 Å². The van der Waals surface area contributed by atoms with Crippen LogP contribution >= 0.6 is 57.4 Å². The first-order valence-corrected chi connectivity index (χ1v) is 11.5. The number of hydrogen-bond donors (Lipinski definition) is 1. The van der Waals surface area contributed by atoms with Gasteiger partial charge in [-0.25, -0.2) is 9.69 Å². The molecule has 0 aliphatic carbocycles. The quantitative estimate of drug-likeness (QED) is 0.197. The van der Waals surface area contributed by atoms with Gasteiger partial charge in [-0.3, -0.25) is 4.79 Å². The number of hydrogen-bond acceptors (Lipinski definition) is 3. The lowest BCUT2D eigenvalue weighted by molar-refractivity contribution is -0.113. The molecule has 5 nitrogen and oxygen atoms in total. The number of imide groups is 1. The number of halogens is 4. The monoisotopic (exact) mass is 598 g/mol. The molecule has 32 heavy (non-hydrogen) atoms. The normalized spacial score (nSPS) is 14.8. The summed E-state index contributed by atoms with van der Waals surface area (Å²) in [6.45, 7) is 0.330. The summed E-state index contributed by atoms with van der Waals surface area (Å²) in [5, 5.41) is 4.01. The molecule has 3 aromatic rings. The molecule has 1 aliphatic rings. The molecule has 1 heterocycles. The van der Waals surface area contributed by atoms with E-state index in [1.807, 2.05) is 18.2 Å². The number of amides is 3. The number of nitrogens with zero attached hydrogens (tertiary/aromatic N) is 1. The SMILES string of the molecule is O=C1N/C(=C/c2ccc(OCc3ccc(Cl)c(Cl)c3)c(I)c2)C(=O)N1c1cccc(Cl)c1. The summed E-state index contributed by atoms with van der Waals surface area (Å²) >= 11 is 20.1. The number of rotatable bonds is 5. The third-order valence-electron chi connectivity index (χ3n) is 4.59. The lowest BCUT2D eigenvalue weighted by Crippen LogP contribution is -2.30. The lowest BCUT2D eigenvalue weighted by atomic mass is 10.1. The summed E-state index contributed by atoms with van der Waals surface area (Å²) in [6, 6.07) is 16.8. The molecule has 0 spiro atoms. The van der Waals surface area contributed by atoms with Crippen molar-refractivity contribution in [1.82, 2.24) is 5.32 Å². The number of urea groups is 1. The maximum absolute atomic E-state index is 12.8. The lowest BCUT2D eigenvalue weighted by Gasteiger charge is -2.11. The molecule has 1 saturated heterocycles. The Kier molecular flexibility index (Phi) is 6.95. The van der Waals surface area contributed by atoms with E-state index in [2.05, 4.69) is 27.9 Å². The van der Waals surface area contributed by atoms with Gasteiger partial charge in [-0.05, 0) is 82.3 Å². The molecule has 3 aromatic carbocycles. The Labute approximate surface area is 213 Å². The molecule has 0 unspecified atom stereocenters. The molecule has 3 amide bonds. The fraction of sp³-hybridized carbons (Fsp3) is 0.0435. The highest BCUT2D eigenvalue weighted by Gasteiger charge is 2.34. The Morgan fingerprint density at radius 2 is 1.78 bits per heavy atom. The van der Waals surface area contributed by atoms with Crippen LogP contribution in [-0.4, -0.2) is 11.9 Å². The predicted octanol–water partition coefficient (Wildman–Crippen LogP) is 6.93. The number of ether oxygens (including phenoxy) is 1. The van der Waals surface area contributed by atoms with Crippen molar-refractivity contribution < 1.29 is 14.3 Å². The number of nitrogens with one attached hydrogen (secondary N) is 1. The number of benzene rings is 3. The minimum atomic E-state index is -0.528. The van der Waals surface area contributed by atoms with Gasteiger partial charge in [0.1, 0.15) is 18.1 Å². The highest BCUT2D eigenvalue weighted by Crippen LogP contribution is 2.28. The first-order valence-electron chi connectivity index (χ1n) is 9.31. The maximum atomic E-state index is 12.8. The van der Waals surface area contributed by atoms with Crippen LogP contribution in [0.2, 0.25) is 15.1 Å². The second-order valence-corrected chi connectivity index (χ2v) is 9.25. The van der Waals surface area contributed by atoms with Crippen LogP contribution in [0.4, 0.5) is 10.5 Å². The molecule has 1 N–H and O–H groups in total. The molecule has 1 fully saturated rings. The molecule has 0 aromatic heterocycles. The van der Waals surface area contributed by atoms with Crippen molar-refractivity contribution in [3.05, 3.63) is 96.1 Å². The maximum Gasteiger partial charge on any atom is 0.333 e. The second kappa shape index (κ2) is 9.70. The molecular formula is C23H14Cl3IN2O3. The molecule has 162 valence electrons. The van der Waals surface area contributed by atoms with Crippen molar-refractivity contribution in [3.63, 3.8) is 0 Å². The van der Waals surface area contributed by atoms with Gasteiger partial charge in [-0.2, -0.15) is 0 Å². The fourth-order valence-electron chi connectivity index (χ4n) is 3.07. The minimum Gasteiger partial charge on any atom is -0.488 e. The Morgan fingerprint density at radius 1 is 0.969 bits per heavy atom. The van der Waals surface area contributed by atoms with Crippen LogP contribution in [0.15, 0.2) is 66.4 Å². The zero-order chi connectivity index (χ0) is 22.8. The zero-order valence-electron chi connectivity index (χ0n) is 16.2. The van der Waals surface area contributed by atoms with E-state index < -0.39 is 11.9 Å². The molecule has 0 atom stereocenters. The summed E-state index contributed by atoms with van der Waals surface area (Å²) in [7, 11) is 0. The molecule has 9 heteroatoms. The zero-order valence-corrected chi connectivity index (χ0v) is 20.7. The van der Waals surface area contributed by atoms with E-state index in [-0.39, 0.29) is 5.70 Å². The van der Waals surface area contributed by atoms with Crippen molar-refractivity contribution >= 4 is 81.1 Å². The van der Waals surface area contributed by atoms with Crippen LogP contribution in [-0.2, 0) is 11.4 Å². The summed E-state index contributed by atoms with van der Waals surface area (Å²) in [5.74, 6) is 0.230. The Hall–Kier alpha value is -2.26. The summed E-state index contributed by atoms with van der Waals surface area (Å²) in [5.41, 5.74) is 2.22. The van der Waals surface area contributed by atoms with Crippen LogP contribution in [0.25, 0.3) is 6.08 Å². The van der Waals surface area contributed by atoms with Gasteiger partial charge in [0.25, 0.3) is 5.91 Å².